The second-order valence-electron chi connectivity index (χ2n) is 7.27. The second kappa shape index (κ2) is 7.19. The average Bonchev–Trinajstić information content (AvgIpc) is 2.88. The number of hydrogen-bond donors (Lipinski definition) is 1. The zero-order chi connectivity index (χ0) is 19.8. The molecule has 4 nitrogen and oxygen atoms in total. The molecule has 2 aromatic carbocycles. The number of hydrogen-bond acceptors (Lipinski definition) is 3. The van der Waals surface area contributed by atoms with Crippen molar-refractivity contribution in [2.24, 2.45) is 0 Å². The van der Waals surface area contributed by atoms with Crippen LogP contribution in [0.4, 0.5) is 0 Å². The van der Waals surface area contributed by atoms with E-state index >= 15 is 0 Å². The molecular weight excluding hydrogens is 358 g/mol. The minimum Gasteiger partial charge on any atom is -0.386 e. The maximum Gasteiger partial charge on any atom is 0.101 e. The first-order valence-corrected chi connectivity index (χ1v) is 9.14. The summed E-state index contributed by atoms with van der Waals surface area (Å²) in [6.45, 7) is 8.17. The highest BCUT2D eigenvalue weighted by Gasteiger charge is 2.18. The van der Waals surface area contributed by atoms with Gasteiger partial charge in [-0.25, -0.2) is 0 Å². The highest BCUT2D eigenvalue weighted by molar-refractivity contribution is 6.32. The van der Waals surface area contributed by atoms with Gasteiger partial charge < -0.3 is 5.11 Å². The summed E-state index contributed by atoms with van der Waals surface area (Å²) in [6.07, 6.45) is 0. The molecule has 1 aromatic heterocycles. The van der Waals surface area contributed by atoms with Gasteiger partial charge in [-0.2, -0.15) is 10.4 Å². The fraction of sp³-hybridized carbons (Fsp3) is 0.273. The van der Waals surface area contributed by atoms with Crippen LogP contribution in [0.25, 0.3) is 11.1 Å². The van der Waals surface area contributed by atoms with E-state index in [1.807, 2.05) is 54.9 Å². The number of benzene rings is 2. The minimum atomic E-state index is -0.879. The minimum absolute atomic E-state index is 0.444. The van der Waals surface area contributed by atoms with Crippen LogP contribution in [0.3, 0.4) is 0 Å². The molecule has 1 heterocycles. The third-order valence-corrected chi connectivity index (χ3v) is 5.04. The monoisotopic (exact) mass is 379 g/mol. The summed E-state index contributed by atoms with van der Waals surface area (Å²) in [5.74, 6) is 0. The van der Waals surface area contributed by atoms with Gasteiger partial charge in [-0.3, -0.25) is 4.68 Å². The Bertz CT molecular complexity index is 1040. The molecule has 3 rings (SSSR count). The van der Waals surface area contributed by atoms with Crippen molar-refractivity contribution in [1.82, 2.24) is 9.78 Å². The molecule has 0 unspecified atom stereocenters. The lowest BCUT2D eigenvalue weighted by Crippen LogP contribution is -2.16. The van der Waals surface area contributed by atoms with Crippen molar-refractivity contribution in [2.75, 3.05) is 0 Å². The van der Waals surface area contributed by atoms with Crippen LogP contribution in [0.5, 0.6) is 0 Å². The first-order chi connectivity index (χ1) is 12.7. The molecule has 0 atom stereocenters. The van der Waals surface area contributed by atoms with E-state index < -0.39 is 5.60 Å². The van der Waals surface area contributed by atoms with Crippen molar-refractivity contribution >= 4 is 11.6 Å². The molecule has 0 fully saturated rings. The lowest BCUT2D eigenvalue weighted by atomic mass is 9.96. The molecule has 27 heavy (non-hydrogen) atoms. The summed E-state index contributed by atoms with van der Waals surface area (Å²) in [4.78, 5) is 0. The number of aromatic nitrogens is 2. The van der Waals surface area contributed by atoms with Crippen LogP contribution in [-0.2, 0) is 12.1 Å². The maximum absolute atomic E-state index is 10.2. The van der Waals surface area contributed by atoms with Crippen molar-refractivity contribution < 1.29 is 5.11 Å². The Kier molecular flexibility index (Phi) is 5.10. The molecule has 0 aliphatic rings. The fourth-order valence-corrected chi connectivity index (χ4v) is 3.48. The van der Waals surface area contributed by atoms with E-state index in [1.54, 1.807) is 19.9 Å². The van der Waals surface area contributed by atoms with Crippen LogP contribution < -0.4 is 0 Å². The Balaban J connectivity index is 1.98. The Morgan fingerprint density at radius 3 is 2.56 bits per heavy atom. The standard InChI is InChI=1S/C22H22ClN3O/c1-14-21(17-8-9-18(12-24)20(23)11-17)15(2)26(25-14)13-16-6-5-7-19(10-16)22(3,4)27/h5-11,27H,13H2,1-4H3. The highest BCUT2D eigenvalue weighted by atomic mass is 35.5. The number of nitrogens with zero attached hydrogens (tertiary/aromatic N) is 3. The summed E-state index contributed by atoms with van der Waals surface area (Å²) in [5.41, 5.74) is 5.45. The first-order valence-electron chi connectivity index (χ1n) is 8.76. The molecule has 3 aromatic rings. The Morgan fingerprint density at radius 2 is 1.93 bits per heavy atom. The smallest absolute Gasteiger partial charge is 0.101 e. The second-order valence-corrected chi connectivity index (χ2v) is 7.68. The molecule has 138 valence electrons. The molecule has 0 saturated carbocycles. The SMILES string of the molecule is Cc1nn(Cc2cccc(C(C)(C)O)c2)c(C)c1-c1ccc(C#N)c(Cl)c1. The Labute approximate surface area is 164 Å². The molecule has 0 bridgehead atoms. The van der Waals surface area contributed by atoms with Crippen molar-refractivity contribution in [3.63, 3.8) is 0 Å². The molecule has 0 aliphatic heterocycles. The van der Waals surface area contributed by atoms with Crippen LogP contribution in [-0.4, -0.2) is 14.9 Å². The van der Waals surface area contributed by atoms with Gasteiger partial charge in [0.25, 0.3) is 0 Å². The van der Waals surface area contributed by atoms with Crippen molar-refractivity contribution in [2.45, 2.75) is 39.8 Å². The summed E-state index contributed by atoms with van der Waals surface area (Å²) in [6, 6.07) is 15.5. The maximum atomic E-state index is 10.2. The summed E-state index contributed by atoms with van der Waals surface area (Å²) in [7, 11) is 0. The number of halogens is 1. The molecule has 0 aliphatic carbocycles. The van der Waals surface area contributed by atoms with Crippen molar-refractivity contribution in [1.29, 1.82) is 5.26 Å². The molecule has 0 radical (unpaired) electrons. The normalized spacial score (nSPS) is 11.4. The molecular formula is C22H22ClN3O. The lowest BCUT2D eigenvalue weighted by Gasteiger charge is -2.18. The Morgan fingerprint density at radius 1 is 1.19 bits per heavy atom. The number of rotatable bonds is 4. The fourth-order valence-electron chi connectivity index (χ4n) is 3.25. The largest absolute Gasteiger partial charge is 0.386 e. The highest BCUT2D eigenvalue weighted by Crippen LogP contribution is 2.31. The zero-order valence-electron chi connectivity index (χ0n) is 15.9. The third kappa shape index (κ3) is 3.90. The molecule has 5 heteroatoms. The van der Waals surface area contributed by atoms with Gasteiger partial charge in [0.05, 0.1) is 28.4 Å². The van der Waals surface area contributed by atoms with Crippen molar-refractivity contribution in [3.8, 4) is 17.2 Å². The lowest BCUT2D eigenvalue weighted by molar-refractivity contribution is 0.0785. The predicted molar refractivity (Wildman–Crippen MR) is 108 cm³/mol. The number of nitriles is 1. The van der Waals surface area contributed by atoms with Gasteiger partial charge in [0, 0.05) is 11.3 Å². The van der Waals surface area contributed by atoms with Crippen LogP contribution in [0.1, 0.15) is 41.9 Å². The molecule has 1 N–H and O–H groups in total. The van der Waals surface area contributed by atoms with Gasteiger partial charge in [-0.15, -0.1) is 0 Å². The zero-order valence-corrected chi connectivity index (χ0v) is 16.7. The molecule has 0 saturated heterocycles. The van der Waals surface area contributed by atoms with Gasteiger partial charge in [-0.1, -0.05) is 41.9 Å². The third-order valence-electron chi connectivity index (χ3n) is 4.73. The van der Waals surface area contributed by atoms with Crippen LogP contribution >= 0.6 is 11.6 Å². The summed E-state index contributed by atoms with van der Waals surface area (Å²) < 4.78 is 1.96. The topological polar surface area (TPSA) is 61.8 Å². The van der Waals surface area contributed by atoms with Gasteiger partial charge in [0.15, 0.2) is 0 Å². The van der Waals surface area contributed by atoms with Crippen molar-refractivity contribution in [3.05, 3.63) is 75.6 Å². The van der Waals surface area contributed by atoms with E-state index in [-0.39, 0.29) is 0 Å². The van der Waals surface area contributed by atoms with Crippen LogP contribution in [0, 0.1) is 25.2 Å². The molecule has 0 spiro atoms. The van der Waals surface area contributed by atoms with E-state index in [0.717, 1.165) is 33.6 Å². The predicted octanol–water partition coefficient (Wildman–Crippen LogP) is 4.97. The number of aliphatic hydroxyl groups is 1. The van der Waals surface area contributed by atoms with Gasteiger partial charge in [0.2, 0.25) is 0 Å². The van der Waals surface area contributed by atoms with E-state index in [2.05, 4.69) is 6.07 Å². The first kappa shape index (κ1) is 19.2. The quantitative estimate of drug-likeness (QED) is 0.696. The van der Waals surface area contributed by atoms with Gasteiger partial charge >= 0.3 is 0 Å². The van der Waals surface area contributed by atoms with E-state index in [0.29, 0.717) is 17.1 Å². The van der Waals surface area contributed by atoms with E-state index in [1.165, 1.54) is 0 Å². The van der Waals surface area contributed by atoms with Crippen LogP contribution in [0.2, 0.25) is 5.02 Å². The van der Waals surface area contributed by atoms with Crippen LogP contribution in [0.15, 0.2) is 42.5 Å². The number of aryl methyl sites for hydroxylation is 1. The van der Waals surface area contributed by atoms with E-state index in [4.69, 9.17) is 22.0 Å². The summed E-state index contributed by atoms with van der Waals surface area (Å²) in [5, 5.41) is 24.4. The van der Waals surface area contributed by atoms with Gasteiger partial charge in [-0.05, 0) is 56.5 Å². The van der Waals surface area contributed by atoms with Gasteiger partial charge in [0.1, 0.15) is 6.07 Å². The van der Waals surface area contributed by atoms with E-state index in [9.17, 15) is 5.11 Å². The Hall–Kier alpha value is -2.61. The molecule has 0 amide bonds. The summed E-state index contributed by atoms with van der Waals surface area (Å²) >= 11 is 6.21. The average molecular weight is 380 g/mol.